The Morgan fingerprint density at radius 2 is 1.81 bits per heavy atom. The van der Waals surface area contributed by atoms with Gasteiger partial charge in [-0.1, -0.05) is 79.2 Å². The summed E-state index contributed by atoms with van der Waals surface area (Å²) in [5.41, 5.74) is 2.88. The zero-order chi connectivity index (χ0) is 36.9. The Labute approximate surface area is 312 Å². The molecule has 0 radical (unpaired) electrons. The van der Waals surface area contributed by atoms with E-state index in [0.29, 0.717) is 62.1 Å². The van der Waals surface area contributed by atoms with Crippen LogP contribution in [-0.2, 0) is 11.2 Å². The van der Waals surface area contributed by atoms with Crippen molar-refractivity contribution in [3.05, 3.63) is 118 Å². The molecule has 52 heavy (non-hydrogen) atoms. The fourth-order valence-electron chi connectivity index (χ4n) is 8.49. The second-order valence-corrected chi connectivity index (χ2v) is 16.4. The third-order valence-corrected chi connectivity index (χ3v) is 12.8. The normalized spacial score (nSPS) is 24.2. The average molecular weight is 723 g/mol. The van der Waals surface area contributed by atoms with Crippen molar-refractivity contribution in [1.82, 2.24) is 10.2 Å². The number of ether oxygens (including phenoxy) is 1. The smallest absolute Gasteiger partial charge is 0.317 e. The largest absolute Gasteiger partial charge is 0.393 e. The number of hydrogen-bond acceptors (Lipinski definition) is 6. The Balaban J connectivity index is 1.38. The lowest BCUT2D eigenvalue weighted by Gasteiger charge is -2.46. The predicted molar refractivity (Wildman–Crippen MR) is 210 cm³/mol. The number of allylic oxidation sites excluding steroid dienone is 2. The van der Waals surface area contributed by atoms with Crippen molar-refractivity contribution in [1.29, 1.82) is 0 Å². The average Bonchev–Trinajstić information content (AvgIpc) is 3.68. The number of carbonyl (C=O) groups excluding carboxylic acids is 2. The molecule has 0 aliphatic heterocycles. The Kier molecular flexibility index (Phi) is 12.0. The molecule has 2 bridgehead atoms. The highest BCUT2D eigenvalue weighted by Gasteiger charge is 2.57. The number of rotatable bonds is 10. The van der Waals surface area contributed by atoms with Gasteiger partial charge in [0.25, 0.3) is 0 Å². The van der Waals surface area contributed by atoms with E-state index in [1.807, 2.05) is 73.7 Å². The molecule has 1 saturated carbocycles. The topological polar surface area (TPSA) is 99.1 Å². The van der Waals surface area contributed by atoms with Crippen molar-refractivity contribution in [2.75, 3.05) is 26.8 Å². The van der Waals surface area contributed by atoms with E-state index in [0.717, 1.165) is 39.6 Å². The van der Waals surface area contributed by atoms with Gasteiger partial charge in [-0.3, -0.25) is 4.79 Å². The van der Waals surface area contributed by atoms with Crippen molar-refractivity contribution in [3.63, 3.8) is 0 Å². The van der Waals surface area contributed by atoms with E-state index < -0.39 is 17.1 Å². The molecular weight excluding hydrogens is 669 g/mol. The van der Waals surface area contributed by atoms with Gasteiger partial charge in [-0.25, -0.2) is 4.79 Å². The summed E-state index contributed by atoms with van der Waals surface area (Å²) in [5, 5.41) is 28.2. The van der Waals surface area contributed by atoms with Gasteiger partial charge in [-0.05, 0) is 111 Å². The number of nitrogens with one attached hydrogen (secondary N) is 1. The first-order valence-electron chi connectivity index (χ1n) is 18.8. The maximum absolute atomic E-state index is 14.6. The number of nitrogens with zero attached hydrogens (tertiary/aromatic N) is 1. The molecule has 1 aromatic heterocycles. The maximum atomic E-state index is 14.6. The van der Waals surface area contributed by atoms with Gasteiger partial charge in [-0.15, -0.1) is 11.3 Å². The number of hydrogen-bond donors (Lipinski definition) is 3. The summed E-state index contributed by atoms with van der Waals surface area (Å²) < 4.78 is 6.43. The third kappa shape index (κ3) is 8.21. The number of ketones is 1. The number of amides is 2. The second kappa shape index (κ2) is 16.5. The fraction of sp³-hybridized carbons (Fsp3) is 0.455. The van der Waals surface area contributed by atoms with Gasteiger partial charge in [0.15, 0.2) is 0 Å². The zero-order valence-corrected chi connectivity index (χ0v) is 31.9. The quantitative estimate of drug-likeness (QED) is 0.0863. The number of benzene rings is 3. The molecule has 0 saturated heterocycles. The van der Waals surface area contributed by atoms with Gasteiger partial charge >= 0.3 is 6.03 Å². The monoisotopic (exact) mass is 722 g/mol. The molecule has 3 aliphatic carbocycles. The van der Waals surface area contributed by atoms with Gasteiger partial charge < -0.3 is 25.2 Å². The Bertz CT molecular complexity index is 1850. The number of urea groups is 1. The molecule has 3 N–H and O–H groups in total. The van der Waals surface area contributed by atoms with Crippen molar-refractivity contribution in [3.8, 4) is 0 Å². The number of fused-ring (bicyclic) bond motifs is 9. The first-order valence-corrected chi connectivity index (χ1v) is 19.6. The van der Waals surface area contributed by atoms with Crippen LogP contribution >= 0.6 is 11.3 Å². The highest BCUT2D eigenvalue weighted by atomic mass is 32.1. The van der Waals surface area contributed by atoms with Crippen LogP contribution in [0.1, 0.15) is 110 Å². The van der Waals surface area contributed by atoms with E-state index in [1.165, 1.54) is 16.9 Å². The summed E-state index contributed by atoms with van der Waals surface area (Å²) in [6.45, 7) is 7.38. The van der Waals surface area contributed by atoms with Gasteiger partial charge in [0.2, 0.25) is 5.78 Å². The van der Waals surface area contributed by atoms with Gasteiger partial charge in [0, 0.05) is 35.9 Å². The minimum atomic E-state index is -1.22. The van der Waals surface area contributed by atoms with Gasteiger partial charge in [0.05, 0.1) is 29.2 Å². The Morgan fingerprint density at radius 1 is 1.04 bits per heavy atom. The Hall–Kier alpha value is -3.82. The summed E-state index contributed by atoms with van der Waals surface area (Å²) in [6, 6.07) is 25.7. The highest BCUT2D eigenvalue weighted by molar-refractivity contribution is 7.21. The molecular formula is C44H54N2O5S. The lowest BCUT2D eigenvalue weighted by Crippen LogP contribution is -2.55. The van der Waals surface area contributed by atoms with E-state index in [1.54, 1.807) is 12.0 Å². The minimum Gasteiger partial charge on any atom is -0.393 e. The van der Waals surface area contributed by atoms with E-state index in [2.05, 4.69) is 37.4 Å². The standard InChI is InChI=1S/C44H54N2O5S/c1-30-12-10-22-43(3)38(21-23-44(43,50)29-46(24-11-25-51-4)42(49)45-31(2)33-13-6-5-7-14-33)36-20-18-32(26-35(47)19-17-30)27-37(36)41(48)40-28-34-15-8-9-16-39(34)52-40/h5-9,12-16,18,20,27-28,31,35,38,47,50H,10-11,17,19,21-26,29H2,1-4H3,(H,45,49)/t31-,35+,38+,43+,44-/m1/s1. The molecule has 2 amide bonds. The van der Waals surface area contributed by atoms with Crippen molar-refractivity contribution >= 4 is 33.2 Å². The van der Waals surface area contributed by atoms with Crippen LogP contribution in [0.2, 0.25) is 0 Å². The van der Waals surface area contributed by atoms with Crippen LogP contribution in [0.3, 0.4) is 0 Å². The number of carbonyl (C=O) groups is 2. The van der Waals surface area contributed by atoms with E-state index in [9.17, 15) is 19.8 Å². The maximum Gasteiger partial charge on any atom is 0.317 e. The molecule has 3 aromatic carbocycles. The van der Waals surface area contributed by atoms with Crippen LogP contribution in [0.4, 0.5) is 4.79 Å². The summed E-state index contributed by atoms with van der Waals surface area (Å²) in [6.07, 6.45) is 6.87. The SMILES string of the molecule is COCCCN(C[C@]1(O)CC[C@H]2c3ccc(cc3C(=O)c3cc4ccccc4s3)C[C@@H](O)CCC(C)=CCC[C@@]21C)C(=O)N[C@H](C)c1ccccc1. The van der Waals surface area contributed by atoms with Crippen molar-refractivity contribution < 1.29 is 24.5 Å². The van der Waals surface area contributed by atoms with E-state index in [-0.39, 0.29) is 30.3 Å². The van der Waals surface area contributed by atoms with Crippen LogP contribution in [0, 0.1) is 5.41 Å². The first kappa shape index (κ1) is 37.9. The summed E-state index contributed by atoms with van der Waals surface area (Å²) in [7, 11) is 1.66. The van der Waals surface area contributed by atoms with Crippen LogP contribution in [-0.4, -0.2) is 65.4 Å². The molecule has 1 heterocycles. The zero-order valence-electron chi connectivity index (χ0n) is 31.1. The number of aliphatic hydroxyl groups is 2. The summed E-state index contributed by atoms with van der Waals surface area (Å²) in [4.78, 5) is 31.1. The molecule has 1 fully saturated rings. The first-order chi connectivity index (χ1) is 25.0. The predicted octanol–water partition coefficient (Wildman–Crippen LogP) is 8.98. The van der Waals surface area contributed by atoms with Crippen LogP contribution < -0.4 is 5.32 Å². The fourth-order valence-corrected chi connectivity index (χ4v) is 9.51. The molecule has 8 heteroatoms. The summed E-state index contributed by atoms with van der Waals surface area (Å²) >= 11 is 1.51. The van der Waals surface area contributed by atoms with Crippen LogP contribution in [0.5, 0.6) is 0 Å². The van der Waals surface area contributed by atoms with Gasteiger partial charge in [-0.2, -0.15) is 0 Å². The molecule has 0 unspecified atom stereocenters. The minimum absolute atomic E-state index is 0.0244. The second-order valence-electron chi connectivity index (χ2n) is 15.3. The molecule has 4 aromatic rings. The third-order valence-electron chi connectivity index (χ3n) is 11.7. The summed E-state index contributed by atoms with van der Waals surface area (Å²) in [5.74, 6) is -0.155. The number of methoxy groups -OCH3 is 1. The number of thiophene rings is 1. The molecule has 5 atom stereocenters. The van der Waals surface area contributed by atoms with Crippen molar-refractivity contribution in [2.45, 2.75) is 95.8 Å². The lowest BCUT2D eigenvalue weighted by atomic mass is 9.64. The van der Waals surface area contributed by atoms with E-state index in [4.69, 9.17) is 4.74 Å². The van der Waals surface area contributed by atoms with Crippen molar-refractivity contribution in [2.24, 2.45) is 5.41 Å². The van der Waals surface area contributed by atoms with E-state index >= 15 is 0 Å². The molecule has 7 rings (SSSR count). The molecule has 276 valence electrons. The number of aliphatic hydroxyl groups excluding tert-OH is 1. The van der Waals surface area contributed by atoms with Crippen LogP contribution in [0.25, 0.3) is 10.1 Å². The van der Waals surface area contributed by atoms with Gasteiger partial charge in [0.1, 0.15) is 0 Å². The lowest BCUT2D eigenvalue weighted by molar-refractivity contribution is -0.0775. The highest BCUT2D eigenvalue weighted by Crippen LogP contribution is 2.59. The molecule has 3 aliphatic rings. The van der Waals surface area contributed by atoms with Crippen LogP contribution in [0.15, 0.2) is 90.5 Å². The Morgan fingerprint density at radius 3 is 2.58 bits per heavy atom. The molecule has 0 spiro atoms. The molecule has 7 nitrogen and oxygen atoms in total.